The van der Waals surface area contributed by atoms with Crippen molar-refractivity contribution >= 4 is 6.08 Å². The summed E-state index contributed by atoms with van der Waals surface area (Å²) in [4.78, 5) is 0. The highest BCUT2D eigenvalue weighted by molar-refractivity contribution is 5.58. The van der Waals surface area contributed by atoms with Crippen LogP contribution in [0.5, 0.6) is 5.75 Å². The molecule has 0 bridgehead atoms. The van der Waals surface area contributed by atoms with Crippen LogP contribution >= 0.6 is 0 Å². The molecule has 14 heavy (non-hydrogen) atoms. The number of rotatable bonds is 4. The molecule has 0 aliphatic heterocycles. The van der Waals surface area contributed by atoms with Crippen molar-refractivity contribution in [2.45, 2.75) is 13.3 Å². The monoisotopic (exact) mass is 188 g/mol. The van der Waals surface area contributed by atoms with Crippen LogP contribution in [0.3, 0.4) is 0 Å². The Hall–Kier alpha value is -1.50. The minimum atomic E-state index is 0.881. The van der Waals surface area contributed by atoms with E-state index in [2.05, 4.69) is 24.8 Å². The Morgan fingerprint density at radius 1 is 1.43 bits per heavy atom. The molecule has 1 aromatic carbocycles. The van der Waals surface area contributed by atoms with Crippen molar-refractivity contribution in [3.8, 4) is 5.75 Å². The number of benzene rings is 1. The Bertz CT molecular complexity index is 337. The largest absolute Gasteiger partial charge is 0.496 e. The number of methoxy groups -OCH3 is 1. The topological polar surface area (TPSA) is 9.23 Å². The van der Waals surface area contributed by atoms with Crippen molar-refractivity contribution in [2.75, 3.05) is 7.11 Å². The molecule has 0 saturated heterocycles. The summed E-state index contributed by atoms with van der Waals surface area (Å²) in [5, 5.41) is 0. The van der Waals surface area contributed by atoms with Crippen LogP contribution in [0.1, 0.15) is 18.1 Å². The second kappa shape index (κ2) is 5.28. The Morgan fingerprint density at radius 2 is 2.21 bits per heavy atom. The van der Waals surface area contributed by atoms with Gasteiger partial charge in [-0.15, -0.1) is 6.58 Å². The molecule has 0 radical (unpaired) electrons. The summed E-state index contributed by atoms with van der Waals surface area (Å²) < 4.78 is 5.30. The van der Waals surface area contributed by atoms with E-state index in [-0.39, 0.29) is 0 Å². The molecule has 0 aromatic heterocycles. The minimum Gasteiger partial charge on any atom is -0.496 e. The lowest BCUT2D eigenvalue weighted by Gasteiger charge is -2.06. The average Bonchev–Trinajstić information content (AvgIpc) is 2.21. The van der Waals surface area contributed by atoms with E-state index in [1.54, 1.807) is 7.11 Å². The van der Waals surface area contributed by atoms with Crippen LogP contribution in [0.15, 0.2) is 36.9 Å². The van der Waals surface area contributed by atoms with Crippen molar-refractivity contribution in [3.63, 3.8) is 0 Å². The second-order valence-corrected chi connectivity index (χ2v) is 3.07. The van der Waals surface area contributed by atoms with Crippen molar-refractivity contribution < 1.29 is 4.74 Å². The van der Waals surface area contributed by atoms with E-state index in [9.17, 15) is 0 Å². The smallest absolute Gasteiger partial charge is 0.126 e. The van der Waals surface area contributed by atoms with Gasteiger partial charge < -0.3 is 4.74 Å². The summed E-state index contributed by atoms with van der Waals surface area (Å²) in [6, 6.07) is 6.22. The van der Waals surface area contributed by atoms with Crippen LogP contribution in [0.25, 0.3) is 6.08 Å². The highest BCUT2D eigenvalue weighted by Gasteiger charge is 2.00. The molecule has 1 rings (SSSR count). The first-order valence-corrected chi connectivity index (χ1v) is 4.72. The van der Waals surface area contributed by atoms with Crippen LogP contribution in [0, 0.1) is 0 Å². The molecule has 0 aliphatic carbocycles. The lowest BCUT2D eigenvalue weighted by atomic mass is 10.1. The maximum absolute atomic E-state index is 5.30. The van der Waals surface area contributed by atoms with E-state index in [1.165, 1.54) is 5.56 Å². The number of hydrogen-bond acceptors (Lipinski definition) is 1. The van der Waals surface area contributed by atoms with E-state index in [0.29, 0.717) is 0 Å². The zero-order valence-corrected chi connectivity index (χ0v) is 8.79. The highest BCUT2D eigenvalue weighted by Crippen LogP contribution is 2.21. The van der Waals surface area contributed by atoms with E-state index in [1.807, 2.05) is 25.2 Å². The summed E-state index contributed by atoms with van der Waals surface area (Å²) in [5.74, 6) is 0.919. The summed E-state index contributed by atoms with van der Waals surface area (Å²) in [6.07, 6.45) is 6.82. The van der Waals surface area contributed by atoms with Crippen molar-refractivity contribution in [1.29, 1.82) is 0 Å². The predicted octanol–water partition coefficient (Wildman–Crippen LogP) is 3.46. The second-order valence-electron chi connectivity index (χ2n) is 3.07. The molecule has 0 amide bonds. The molecule has 0 unspecified atom stereocenters. The van der Waals surface area contributed by atoms with Gasteiger partial charge >= 0.3 is 0 Å². The minimum absolute atomic E-state index is 0.881. The Balaban J connectivity index is 3.04. The summed E-state index contributed by atoms with van der Waals surface area (Å²) in [7, 11) is 1.69. The van der Waals surface area contributed by atoms with Gasteiger partial charge in [0, 0.05) is 5.56 Å². The quantitative estimate of drug-likeness (QED) is 0.657. The van der Waals surface area contributed by atoms with Gasteiger partial charge in [-0.25, -0.2) is 0 Å². The number of hydrogen-bond donors (Lipinski definition) is 0. The van der Waals surface area contributed by atoms with Crippen molar-refractivity contribution in [3.05, 3.63) is 48.1 Å². The fourth-order valence-corrected chi connectivity index (χ4v) is 1.37. The Morgan fingerprint density at radius 3 is 2.79 bits per heavy atom. The van der Waals surface area contributed by atoms with Gasteiger partial charge in [0.25, 0.3) is 0 Å². The Labute approximate surface area is 85.7 Å². The zero-order chi connectivity index (χ0) is 10.4. The average molecular weight is 188 g/mol. The maximum atomic E-state index is 5.30. The molecule has 74 valence electrons. The molecule has 1 heteroatoms. The van der Waals surface area contributed by atoms with Crippen LogP contribution in [0.4, 0.5) is 0 Å². The fraction of sp³-hybridized carbons (Fsp3) is 0.231. The maximum Gasteiger partial charge on any atom is 0.126 e. The first kappa shape index (κ1) is 10.6. The molecule has 0 spiro atoms. The SMILES string of the molecule is C=CCc1ccc(/C=C/C)c(OC)c1. The van der Waals surface area contributed by atoms with E-state index >= 15 is 0 Å². The third-order valence-corrected chi connectivity index (χ3v) is 2.02. The first-order valence-electron chi connectivity index (χ1n) is 4.72. The summed E-state index contributed by atoms with van der Waals surface area (Å²) in [6.45, 7) is 5.71. The fourth-order valence-electron chi connectivity index (χ4n) is 1.37. The van der Waals surface area contributed by atoms with Gasteiger partial charge in [-0.05, 0) is 25.0 Å². The van der Waals surface area contributed by atoms with Crippen LogP contribution in [0.2, 0.25) is 0 Å². The highest BCUT2D eigenvalue weighted by atomic mass is 16.5. The molecular formula is C13H16O. The zero-order valence-electron chi connectivity index (χ0n) is 8.79. The van der Waals surface area contributed by atoms with Gasteiger partial charge in [-0.3, -0.25) is 0 Å². The standard InChI is InChI=1S/C13H16O/c1-4-6-11-8-9-12(7-5-2)13(10-11)14-3/h4-5,7-10H,1,6H2,2-3H3/b7-5+. The van der Waals surface area contributed by atoms with Gasteiger partial charge in [0.15, 0.2) is 0 Å². The van der Waals surface area contributed by atoms with Gasteiger partial charge in [0.05, 0.1) is 7.11 Å². The van der Waals surface area contributed by atoms with E-state index < -0.39 is 0 Å². The third-order valence-electron chi connectivity index (χ3n) is 2.02. The lowest BCUT2D eigenvalue weighted by Crippen LogP contribution is -1.89. The third kappa shape index (κ3) is 2.49. The molecule has 0 N–H and O–H groups in total. The predicted molar refractivity (Wildman–Crippen MR) is 61.6 cm³/mol. The van der Waals surface area contributed by atoms with Crippen molar-refractivity contribution in [2.24, 2.45) is 0 Å². The molecule has 0 saturated carbocycles. The number of allylic oxidation sites excluding steroid dienone is 2. The lowest BCUT2D eigenvalue weighted by molar-refractivity contribution is 0.413. The van der Waals surface area contributed by atoms with Gasteiger partial charge in [0.1, 0.15) is 5.75 Å². The molecule has 0 atom stereocenters. The molecule has 0 aliphatic rings. The summed E-state index contributed by atoms with van der Waals surface area (Å²) in [5.41, 5.74) is 2.34. The van der Waals surface area contributed by atoms with E-state index in [0.717, 1.165) is 17.7 Å². The number of ether oxygens (including phenoxy) is 1. The van der Waals surface area contributed by atoms with Crippen LogP contribution in [-0.4, -0.2) is 7.11 Å². The first-order chi connectivity index (χ1) is 6.81. The van der Waals surface area contributed by atoms with Gasteiger partial charge in [-0.1, -0.05) is 30.4 Å². The molecule has 1 nitrogen and oxygen atoms in total. The van der Waals surface area contributed by atoms with Crippen molar-refractivity contribution in [1.82, 2.24) is 0 Å². The Kier molecular flexibility index (Phi) is 3.99. The molecule has 0 heterocycles. The van der Waals surface area contributed by atoms with E-state index in [4.69, 9.17) is 4.74 Å². The van der Waals surface area contributed by atoms with Gasteiger partial charge in [0.2, 0.25) is 0 Å². The normalized spacial score (nSPS) is 10.4. The summed E-state index contributed by atoms with van der Waals surface area (Å²) >= 11 is 0. The molecular weight excluding hydrogens is 172 g/mol. The van der Waals surface area contributed by atoms with Gasteiger partial charge in [-0.2, -0.15) is 0 Å². The molecule has 1 aromatic rings. The van der Waals surface area contributed by atoms with Crippen LogP contribution < -0.4 is 4.74 Å². The van der Waals surface area contributed by atoms with Crippen LogP contribution in [-0.2, 0) is 6.42 Å². The molecule has 0 fully saturated rings.